The highest BCUT2D eigenvalue weighted by atomic mass is 35.5. The van der Waals surface area contributed by atoms with Crippen LogP contribution in [0.1, 0.15) is 29.7 Å². The van der Waals surface area contributed by atoms with Crippen LogP contribution in [0.2, 0.25) is 5.02 Å². The minimum absolute atomic E-state index is 0.434. The third kappa shape index (κ3) is 3.72. The minimum Gasteiger partial charge on any atom is -0.489 e. The molecular formula is C16H17ClO2. The van der Waals surface area contributed by atoms with E-state index in [1.54, 1.807) is 6.92 Å². The maximum Gasteiger partial charge on any atom is 0.125 e. The van der Waals surface area contributed by atoms with Gasteiger partial charge in [-0.2, -0.15) is 0 Å². The number of hydrogen-bond donors (Lipinski definition) is 1. The van der Waals surface area contributed by atoms with Gasteiger partial charge in [0.2, 0.25) is 0 Å². The van der Waals surface area contributed by atoms with E-state index in [1.807, 2.05) is 49.4 Å². The third-order valence-electron chi connectivity index (χ3n) is 2.90. The Kier molecular flexibility index (Phi) is 4.46. The van der Waals surface area contributed by atoms with E-state index in [1.165, 1.54) is 0 Å². The molecule has 1 N–H and O–H groups in total. The first-order valence-corrected chi connectivity index (χ1v) is 6.60. The quantitative estimate of drug-likeness (QED) is 0.903. The fourth-order valence-corrected chi connectivity index (χ4v) is 2.11. The van der Waals surface area contributed by atoms with E-state index in [2.05, 4.69) is 0 Å². The van der Waals surface area contributed by atoms with Gasteiger partial charge in [0.15, 0.2) is 0 Å². The maximum atomic E-state index is 9.74. The fraction of sp³-hybridized carbons (Fsp3) is 0.250. The lowest BCUT2D eigenvalue weighted by Crippen LogP contribution is -2.01. The van der Waals surface area contributed by atoms with Crippen molar-refractivity contribution >= 4 is 11.6 Å². The summed E-state index contributed by atoms with van der Waals surface area (Å²) in [5, 5.41) is 10.4. The van der Waals surface area contributed by atoms with Gasteiger partial charge in [-0.3, -0.25) is 0 Å². The molecule has 0 aliphatic carbocycles. The molecule has 0 heterocycles. The van der Waals surface area contributed by atoms with Crippen molar-refractivity contribution in [1.82, 2.24) is 0 Å². The summed E-state index contributed by atoms with van der Waals surface area (Å²) in [6, 6.07) is 13.4. The standard InChI is InChI=1S/C16H17ClO2/c1-11-6-7-15(12(2)18)16(8-11)19-10-13-4-3-5-14(17)9-13/h3-9,12,18H,10H2,1-2H3/t12-/m0/s1. The van der Waals surface area contributed by atoms with Gasteiger partial charge >= 0.3 is 0 Å². The van der Waals surface area contributed by atoms with Gasteiger partial charge in [0.1, 0.15) is 12.4 Å². The number of ether oxygens (including phenoxy) is 1. The van der Waals surface area contributed by atoms with E-state index >= 15 is 0 Å². The summed E-state index contributed by atoms with van der Waals surface area (Å²) >= 11 is 5.94. The van der Waals surface area contributed by atoms with Gasteiger partial charge in [-0.15, -0.1) is 0 Å². The van der Waals surface area contributed by atoms with E-state index in [4.69, 9.17) is 16.3 Å². The molecule has 0 saturated heterocycles. The van der Waals surface area contributed by atoms with Crippen LogP contribution in [0.4, 0.5) is 0 Å². The molecule has 2 rings (SSSR count). The predicted molar refractivity (Wildman–Crippen MR) is 77.6 cm³/mol. The summed E-state index contributed by atoms with van der Waals surface area (Å²) in [4.78, 5) is 0. The predicted octanol–water partition coefficient (Wildman–Crippen LogP) is 4.28. The molecule has 0 aliphatic rings. The summed E-state index contributed by atoms with van der Waals surface area (Å²) in [7, 11) is 0. The summed E-state index contributed by atoms with van der Waals surface area (Å²) in [5.41, 5.74) is 2.91. The van der Waals surface area contributed by atoms with Crippen LogP contribution < -0.4 is 4.74 Å². The zero-order valence-corrected chi connectivity index (χ0v) is 11.8. The molecule has 2 aromatic rings. The van der Waals surface area contributed by atoms with Crippen LogP contribution in [0.15, 0.2) is 42.5 Å². The summed E-state index contributed by atoms with van der Waals surface area (Å²) < 4.78 is 5.80. The molecule has 3 heteroatoms. The maximum absolute atomic E-state index is 9.74. The van der Waals surface area contributed by atoms with Crippen molar-refractivity contribution in [2.45, 2.75) is 26.6 Å². The van der Waals surface area contributed by atoms with Gasteiger partial charge in [-0.05, 0) is 43.2 Å². The van der Waals surface area contributed by atoms with Crippen molar-refractivity contribution in [3.8, 4) is 5.75 Å². The van der Waals surface area contributed by atoms with E-state index in [-0.39, 0.29) is 0 Å². The Bertz CT molecular complexity index is 564. The second-order valence-electron chi connectivity index (χ2n) is 4.64. The van der Waals surface area contributed by atoms with Crippen LogP contribution >= 0.6 is 11.6 Å². The van der Waals surface area contributed by atoms with Crippen molar-refractivity contribution in [2.75, 3.05) is 0 Å². The zero-order chi connectivity index (χ0) is 13.8. The Hall–Kier alpha value is -1.51. The topological polar surface area (TPSA) is 29.5 Å². The normalized spacial score (nSPS) is 12.2. The molecule has 0 unspecified atom stereocenters. The van der Waals surface area contributed by atoms with Gasteiger partial charge in [0.05, 0.1) is 6.10 Å². The molecule has 19 heavy (non-hydrogen) atoms. The molecule has 100 valence electrons. The monoisotopic (exact) mass is 276 g/mol. The fourth-order valence-electron chi connectivity index (χ4n) is 1.90. The first-order valence-electron chi connectivity index (χ1n) is 6.22. The van der Waals surface area contributed by atoms with E-state index < -0.39 is 6.10 Å². The first kappa shape index (κ1) is 13.9. The Balaban J connectivity index is 2.17. The Morgan fingerprint density at radius 2 is 2.00 bits per heavy atom. The molecule has 0 radical (unpaired) electrons. The number of aliphatic hydroxyl groups is 1. The molecule has 0 saturated carbocycles. The average Bonchev–Trinajstić information content (AvgIpc) is 2.36. The number of rotatable bonds is 4. The minimum atomic E-state index is -0.546. The number of benzene rings is 2. The molecule has 2 aromatic carbocycles. The van der Waals surface area contributed by atoms with Crippen LogP contribution in [-0.2, 0) is 6.61 Å². The molecular weight excluding hydrogens is 260 g/mol. The van der Waals surface area contributed by atoms with Gasteiger partial charge in [-0.1, -0.05) is 35.9 Å². The summed E-state index contributed by atoms with van der Waals surface area (Å²) in [5.74, 6) is 0.718. The van der Waals surface area contributed by atoms with Crippen molar-refractivity contribution < 1.29 is 9.84 Å². The molecule has 0 aliphatic heterocycles. The third-order valence-corrected chi connectivity index (χ3v) is 3.14. The molecule has 1 atom stereocenters. The van der Waals surface area contributed by atoms with Crippen LogP contribution in [-0.4, -0.2) is 5.11 Å². The Labute approximate surface area is 118 Å². The second kappa shape index (κ2) is 6.09. The number of halogens is 1. The molecule has 0 fully saturated rings. The van der Waals surface area contributed by atoms with Gasteiger partial charge in [0, 0.05) is 10.6 Å². The van der Waals surface area contributed by atoms with Gasteiger partial charge in [0.25, 0.3) is 0 Å². The molecule has 0 amide bonds. The Morgan fingerprint density at radius 1 is 1.21 bits per heavy atom. The van der Waals surface area contributed by atoms with Crippen LogP contribution in [0, 0.1) is 6.92 Å². The lowest BCUT2D eigenvalue weighted by molar-refractivity contribution is 0.190. The van der Waals surface area contributed by atoms with E-state index in [0.717, 1.165) is 22.4 Å². The number of hydrogen-bond acceptors (Lipinski definition) is 2. The molecule has 0 bridgehead atoms. The van der Waals surface area contributed by atoms with Gasteiger partial charge in [-0.25, -0.2) is 0 Å². The molecule has 0 spiro atoms. The number of aryl methyl sites for hydroxylation is 1. The van der Waals surface area contributed by atoms with E-state index in [0.29, 0.717) is 11.6 Å². The van der Waals surface area contributed by atoms with Crippen molar-refractivity contribution in [1.29, 1.82) is 0 Å². The molecule has 2 nitrogen and oxygen atoms in total. The highest BCUT2D eigenvalue weighted by Crippen LogP contribution is 2.27. The van der Waals surface area contributed by atoms with Crippen molar-refractivity contribution in [2.24, 2.45) is 0 Å². The zero-order valence-electron chi connectivity index (χ0n) is 11.1. The Morgan fingerprint density at radius 3 is 2.68 bits per heavy atom. The van der Waals surface area contributed by atoms with Crippen molar-refractivity contribution in [3.05, 3.63) is 64.2 Å². The lowest BCUT2D eigenvalue weighted by atomic mass is 10.1. The molecule has 0 aromatic heterocycles. The van der Waals surface area contributed by atoms with Crippen LogP contribution in [0.3, 0.4) is 0 Å². The summed E-state index contributed by atoms with van der Waals surface area (Å²) in [6.07, 6.45) is -0.546. The van der Waals surface area contributed by atoms with Crippen molar-refractivity contribution in [3.63, 3.8) is 0 Å². The summed E-state index contributed by atoms with van der Waals surface area (Å²) in [6.45, 7) is 4.17. The number of aliphatic hydroxyl groups excluding tert-OH is 1. The van der Waals surface area contributed by atoms with Gasteiger partial charge < -0.3 is 9.84 Å². The highest BCUT2D eigenvalue weighted by Gasteiger charge is 2.09. The smallest absolute Gasteiger partial charge is 0.125 e. The lowest BCUT2D eigenvalue weighted by Gasteiger charge is -2.14. The second-order valence-corrected chi connectivity index (χ2v) is 5.07. The average molecular weight is 277 g/mol. The highest BCUT2D eigenvalue weighted by molar-refractivity contribution is 6.30. The van der Waals surface area contributed by atoms with E-state index in [9.17, 15) is 5.11 Å². The van der Waals surface area contributed by atoms with Crippen LogP contribution in [0.25, 0.3) is 0 Å². The largest absolute Gasteiger partial charge is 0.489 e. The SMILES string of the molecule is Cc1ccc([C@H](C)O)c(OCc2cccc(Cl)c2)c1. The first-order chi connectivity index (χ1) is 9.06. The van der Waals surface area contributed by atoms with Crippen LogP contribution in [0.5, 0.6) is 5.75 Å².